The maximum atomic E-state index is 12.3. The van der Waals surface area contributed by atoms with Crippen LogP contribution < -0.4 is 20.1 Å². The minimum absolute atomic E-state index is 0.0485. The first-order valence-electron chi connectivity index (χ1n) is 9.73. The highest BCUT2D eigenvalue weighted by Crippen LogP contribution is 2.29. The molecule has 7 heteroatoms. The van der Waals surface area contributed by atoms with Gasteiger partial charge in [0.2, 0.25) is 0 Å². The van der Waals surface area contributed by atoms with Gasteiger partial charge in [-0.2, -0.15) is 0 Å². The van der Waals surface area contributed by atoms with E-state index in [0.29, 0.717) is 24.0 Å². The molecular weight excluding hydrogens is 386 g/mol. The van der Waals surface area contributed by atoms with Crippen LogP contribution in [0.25, 0.3) is 0 Å². The number of nitrogens with zero attached hydrogens (tertiary/aromatic N) is 1. The normalized spacial score (nSPS) is 13.4. The van der Waals surface area contributed by atoms with Gasteiger partial charge in [-0.25, -0.2) is 0 Å². The lowest BCUT2D eigenvalue weighted by Gasteiger charge is -2.20. The summed E-state index contributed by atoms with van der Waals surface area (Å²) >= 11 is 0. The van der Waals surface area contributed by atoms with Gasteiger partial charge in [0.25, 0.3) is 0 Å². The molecule has 6 nitrogen and oxygen atoms in total. The Morgan fingerprint density at radius 3 is 2.55 bits per heavy atom. The Balaban J connectivity index is 1.98. The van der Waals surface area contributed by atoms with Crippen molar-refractivity contribution in [2.75, 3.05) is 33.1 Å². The van der Waals surface area contributed by atoms with Crippen molar-refractivity contribution in [3.63, 3.8) is 0 Å². The molecule has 2 aromatic rings. The van der Waals surface area contributed by atoms with Gasteiger partial charge in [0.1, 0.15) is 11.5 Å². The molecule has 0 aromatic heterocycles. The fourth-order valence-corrected chi connectivity index (χ4v) is 3.88. The topological polar surface area (TPSA) is 72.0 Å². The Kier molecular flexibility index (Phi) is 9.50. The molecule has 2 aromatic carbocycles. The molecule has 0 radical (unpaired) electrons. The van der Waals surface area contributed by atoms with Crippen molar-refractivity contribution in [2.24, 2.45) is 4.99 Å². The first-order valence-corrected chi connectivity index (χ1v) is 11.2. The minimum atomic E-state index is -0.949. The molecule has 0 saturated heterocycles. The zero-order valence-corrected chi connectivity index (χ0v) is 18.4. The molecule has 0 fully saturated rings. The van der Waals surface area contributed by atoms with Gasteiger partial charge in [-0.05, 0) is 37.6 Å². The maximum absolute atomic E-state index is 12.3. The van der Waals surface area contributed by atoms with Gasteiger partial charge in [0.15, 0.2) is 5.96 Å². The standard InChI is InChI=1S/C22H31N3O3S/c1-5-23-22(24-13-14-29(26)16-18-9-7-6-8-10-18)25-17(2)20-15-19(27-3)11-12-21(20)28-4/h6-12,15,17H,5,13-14,16H2,1-4H3,(H2,23,24,25). The van der Waals surface area contributed by atoms with Crippen molar-refractivity contribution in [3.8, 4) is 11.5 Å². The van der Waals surface area contributed by atoms with Crippen LogP contribution in [0.3, 0.4) is 0 Å². The van der Waals surface area contributed by atoms with Gasteiger partial charge >= 0.3 is 0 Å². The monoisotopic (exact) mass is 417 g/mol. The fraction of sp³-hybridized carbons (Fsp3) is 0.409. The second kappa shape index (κ2) is 12.1. The van der Waals surface area contributed by atoms with Gasteiger partial charge in [-0.3, -0.25) is 9.20 Å². The average molecular weight is 418 g/mol. The summed E-state index contributed by atoms with van der Waals surface area (Å²) in [6.07, 6.45) is 0. The second-order valence-corrected chi connectivity index (χ2v) is 8.09. The number of hydrogen-bond acceptors (Lipinski definition) is 4. The van der Waals surface area contributed by atoms with E-state index >= 15 is 0 Å². The van der Waals surface area contributed by atoms with Crippen LogP contribution in [-0.4, -0.2) is 43.2 Å². The zero-order valence-electron chi connectivity index (χ0n) is 17.6. The molecule has 29 heavy (non-hydrogen) atoms. The molecule has 0 aliphatic heterocycles. The van der Waals surface area contributed by atoms with Gasteiger partial charge in [-0.1, -0.05) is 30.3 Å². The molecule has 0 heterocycles. The second-order valence-electron chi connectivity index (χ2n) is 6.51. The highest BCUT2D eigenvalue weighted by molar-refractivity contribution is 7.84. The Bertz CT molecular complexity index is 812. The quantitative estimate of drug-likeness (QED) is 0.459. The van der Waals surface area contributed by atoms with E-state index in [9.17, 15) is 4.21 Å². The lowest BCUT2D eigenvalue weighted by Crippen LogP contribution is -2.39. The van der Waals surface area contributed by atoms with Crippen molar-refractivity contribution < 1.29 is 13.7 Å². The van der Waals surface area contributed by atoms with Crippen LogP contribution in [0.15, 0.2) is 53.5 Å². The van der Waals surface area contributed by atoms with Crippen LogP contribution in [0.2, 0.25) is 0 Å². The van der Waals surface area contributed by atoms with E-state index in [2.05, 4.69) is 15.6 Å². The SMILES string of the molecule is CCNC(=NCCS(=O)Cc1ccccc1)NC(C)c1cc(OC)ccc1OC. The molecule has 2 atom stereocenters. The Hall–Kier alpha value is -2.54. The van der Waals surface area contributed by atoms with Gasteiger partial charge in [-0.15, -0.1) is 0 Å². The van der Waals surface area contributed by atoms with Crippen molar-refractivity contribution in [2.45, 2.75) is 25.6 Å². The van der Waals surface area contributed by atoms with Crippen LogP contribution in [0.4, 0.5) is 0 Å². The third-order valence-electron chi connectivity index (χ3n) is 4.36. The van der Waals surface area contributed by atoms with E-state index in [1.807, 2.05) is 62.4 Å². The molecular formula is C22H31N3O3S. The smallest absolute Gasteiger partial charge is 0.191 e. The van der Waals surface area contributed by atoms with E-state index in [1.165, 1.54) is 0 Å². The molecule has 2 N–H and O–H groups in total. The highest BCUT2D eigenvalue weighted by Gasteiger charge is 2.14. The number of ether oxygens (including phenoxy) is 2. The zero-order chi connectivity index (χ0) is 21.1. The number of nitrogens with one attached hydrogen (secondary N) is 2. The van der Waals surface area contributed by atoms with Gasteiger partial charge in [0, 0.05) is 34.4 Å². The Morgan fingerprint density at radius 1 is 1.14 bits per heavy atom. The Morgan fingerprint density at radius 2 is 1.90 bits per heavy atom. The van der Waals surface area contributed by atoms with Crippen LogP contribution >= 0.6 is 0 Å². The van der Waals surface area contributed by atoms with E-state index in [1.54, 1.807) is 14.2 Å². The predicted octanol–water partition coefficient (Wildman–Crippen LogP) is 3.27. The third kappa shape index (κ3) is 7.42. The summed E-state index contributed by atoms with van der Waals surface area (Å²) in [5.41, 5.74) is 2.06. The first kappa shape index (κ1) is 22.7. The number of methoxy groups -OCH3 is 2. The number of guanidine groups is 1. The highest BCUT2D eigenvalue weighted by atomic mass is 32.2. The maximum Gasteiger partial charge on any atom is 0.191 e. The lowest BCUT2D eigenvalue weighted by atomic mass is 10.1. The summed E-state index contributed by atoms with van der Waals surface area (Å²) in [7, 11) is 2.35. The fourth-order valence-electron chi connectivity index (χ4n) is 2.87. The molecule has 0 spiro atoms. The largest absolute Gasteiger partial charge is 0.497 e. The number of hydrogen-bond donors (Lipinski definition) is 2. The number of rotatable bonds is 10. The van der Waals surface area contributed by atoms with E-state index < -0.39 is 10.8 Å². The summed E-state index contributed by atoms with van der Waals surface area (Å²) in [5.74, 6) is 3.31. The number of benzene rings is 2. The molecule has 0 aliphatic carbocycles. The Labute approximate surface area is 176 Å². The van der Waals surface area contributed by atoms with Gasteiger partial charge in [0.05, 0.1) is 26.8 Å². The first-order chi connectivity index (χ1) is 14.1. The van der Waals surface area contributed by atoms with Crippen LogP contribution in [-0.2, 0) is 16.6 Å². The summed E-state index contributed by atoms with van der Waals surface area (Å²) in [6.45, 7) is 5.27. The summed E-state index contributed by atoms with van der Waals surface area (Å²) in [5, 5.41) is 6.63. The van der Waals surface area contributed by atoms with Crippen molar-refractivity contribution in [1.82, 2.24) is 10.6 Å². The van der Waals surface area contributed by atoms with Crippen LogP contribution in [0, 0.1) is 0 Å². The third-order valence-corrected chi connectivity index (χ3v) is 5.65. The minimum Gasteiger partial charge on any atom is -0.497 e. The molecule has 0 bridgehead atoms. The number of aliphatic imine (C=N–C) groups is 1. The van der Waals surface area contributed by atoms with Crippen molar-refractivity contribution in [1.29, 1.82) is 0 Å². The molecule has 158 valence electrons. The van der Waals surface area contributed by atoms with Gasteiger partial charge < -0.3 is 20.1 Å². The summed E-state index contributed by atoms with van der Waals surface area (Å²) in [4.78, 5) is 4.59. The molecule has 0 aliphatic rings. The lowest BCUT2D eigenvalue weighted by molar-refractivity contribution is 0.394. The van der Waals surface area contributed by atoms with Crippen LogP contribution in [0.5, 0.6) is 11.5 Å². The molecule has 2 unspecified atom stereocenters. The van der Waals surface area contributed by atoms with Crippen molar-refractivity contribution >= 4 is 16.8 Å². The predicted molar refractivity (Wildman–Crippen MR) is 120 cm³/mol. The molecule has 2 rings (SSSR count). The van der Waals surface area contributed by atoms with E-state index in [-0.39, 0.29) is 6.04 Å². The summed E-state index contributed by atoms with van der Waals surface area (Å²) in [6, 6.07) is 15.6. The van der Waals surface area contributed by atoms with Crippen LogP contribution in [0.1, 0.15) is 31.0 Å². The summed E-state index contributed by atoms with van der Waals surface area (Å²) < 4.78 is 23.1. The van der Waals surface area contributed by atoms with E-state index in [0.717, 1.165) is 29.2 Å². The molecule has 0 amide bonds. The average Bonchev–Trinajstić information content (AvgIpc) is 2.74. The van der Waals surface area contributed by atoms with Crippen molar-refractivity contribution in [3.05, 3.63) is 59.7 Å². The molecule has 0 saturated carbocycles. The van der Waals surface area contributed by atoms with E-state index in [4.69, 9.17) is 9.47 Å².